The molecule has 1 aliphatic rings. The van der Waals surface area contributed by atoms with Crippen molar-refractivity contribution in [2.24, 2.45) is 0 Å². The Morgan fingerprint density at radius 1 is 1.23 bits per heavy atom. The fourth-order valence-electron chi connectivity index (χ4n) is 2.61. The summed E-state index contributed by atoms with van der Waals surface area (Å²) in [5.74, 6) is -0.0772. The van der Waals surface area contributed by atoms with Crippen LogP contribution in [0.1, 0.15) is 23.0 Å². The molecule has 1 aliphatic heterocycles. The molecule has 5 nitrogen and oxygen atoms in total. The van der Waals surface area contributed by atoms with Gasteiger partial charge in [0.05, 0.1) is 31.3 Å². The van der Waals surface area contributed by atoms with Crippen molar-refractivity contribution >= 4 is 5.91 Å². The first kappa shape index (κ1) is 14.7. The van der Waals surface area contributed by atoms with Gasteiger partial charge < -0.3 is 9.64 Å². The fourth-order valence-corrected chi connectivity index (χ4v) is 2.61. The maximum atomic E-state index is 12.5. The molecule has 3 rings (SSSR count). The molecular formula is C17H19N3O2. The minimum absolute atomic E-state index is 0.0772. The van der Waals surface area contributed by atoms with E-state index in [9.17, 15) is 4.79 Å². The summed E-state index contributed by atoms with van der Waals surface area (Å²) < 4.78 is 5.28. The van der Waals surface area contributed by atoms with E-state index in [4.69, 9.17) is 4.74 Å². The first-order valence-electron chi connectivity index (χ1n) is 7.57. The number of hydrogen-bond donors (Lipinski definition) is 0. The van der Waals surface area contributed by atoms with Crippen LogP contribution < -0.4 is 0 Å². The Balaban J connectivity index is 1.90. The molecule has 5 heteroatoms. The molecule has 0 atom stereocenters. The van der Waals surface area contributed by atoms with Gasteiger partial charge in [-0.15, -0.1) is 0 Å². The van der Waals surface area contributed by atoms with Gasteiger partial charge >= 0.3 is 0 Å². The maximum absolute atomic E-state index is 12.5. The van der Waals surface area contributed by atoms with Gasteiger partial charge in [-0.3, -0.25) is 9.78 Å². The number of aryl methyl sites for hydroxylation is 1. The first-order valence-corrected chi connectivity index (χ1v) is 7.57. The number of nitrogens with zero attached hydrogens (tertiary/aromatic N) is 3. The number of hydrogen-bond acceptors (Lipinski definition) is 4. The van der Waals surface area contributed by atoms with Crippen LogP contribution in [0, 0.1) is 0 Å². The van der Waals surface area contributed by atoms with Gasteiger partial charge in [-0.25, -0.2) is 4.98 Å². The lowest BCUT2D eigenvalue weighted by atomic mass is 10.0. The monoisotopic (exact) mass is 297 g/mol. The second-order valence-corrected chi connectivity index (χ2v) is 5.20. The molecular weight excluding hydrogens is 278 g/mol. The van der Waals surface area contributed by atoms with Gasteiger partial charge in [0, 0.05) is 18.7 Å². The molecule has 0 radical (unpaired) electrons. The highest BCUT2D eigenvalue weighted by molar-refractivity contribution is 5.92. The van der Waals surface area contributed by atoms with Crippen LogP contribution >= 0.6 is 0 Å². The van der Waals surface area contributed by atoms with Gasteiger partial charge in [-0.2, -0.15) is 0 Å². The van der Waals surface area contributed by atoms with E-state index >= 15 is 0 Å². The molecule has 1 amide bonds. The molecule has 0 unspecified atom stereocenters. The van der Waals surface area contributed by atoms with E-state index in [1.807, 2.05) is 18.2 Å². The quantitative estimate of drug-likeness (QED) is 0.871. The summed E-state index contributed by atoms with van der Waals surface area (Å²) in [7, 11) is 0. The van der Waals surface area contributed by atoms with Crippen LogP contribution in [0.25, 0.3) is 11.3 Å². The SMILES string of the molecule is CCc1ccccc1-c1cncc(C(=O)N2CCOCC2)n1. The average Bonchev–Trinajstić information content (AvgIpc) is 2.62. The summed E-state index contributed by atoms with van der Waals surface area (Å²) in [6.07, 6.45) is 4.17. The van der Waals surface area contributed by atoms with Crippen molar-refractivity contribution < 1.29 is 9.53 Å². The van der Waals surface area contributed by atoms with Crippen molar-refractivity contribution in [3.8, 4) is 11.3 Å². The number of aromatic nitrogens is 2. The third kappa shape index (κ3) is 2.99. The fraction of sp³-hybridized carbons (Fsp3) is 0.353. The van der Waals surface area contributed by atoms with Gasteiger partial charge in [-0.1, -0.05) is 31.2 Å². The van der Waals surface area contributed by atoms with E-state index in [2.05, 4.69) is 23.0 Å². The maximum Gasteiger partial charge on any atom is 0.274 e. The van der Waals surface area contributed by atoms with Crippen LogP contribution in [-0.4, -0.2) is 47.1 Å². The number of ether oxygens (including phenoxy) is 1. The van der Waals surface area contributed by atoms with E-state index in [0.717, 1.165) is 17.7 Å². The van der Waals surface area contributed by atoms with Crippen molar-refractivity contribution in [1.82, 2.24) is 14.9 Å². The highest BCUT2D eigenvalue weighted by Gasteiger charge is 2.20. The van der Waals surface area contributed by atoms with E-state index < -0.39 is 0 Å². The summed E-state index contributed by atoms with van der Waals surface area (Å²) in [6, 6.07) is 8.09. The van der Waals surface area contributed by atoms with Gasteiger partial charge in [0.15, 0.2) is 0 Å². The van der Waals surface area contributed by atoms with Crippen LogP contribution in [-0.2, 0) is 11.2 Å². The molecule has 0 bridgehead atoms. The Hall–Kier alpha value is -2.27. The van der Waals surface area contributed by atoms with E-state index in [1.54, 1.807) is 11.1 Å². The minimum Gasteiger partial charge on any atom is -0.378 e. The van der Waals surface area contributed by atoms with E-state index in [1.165, 1.54) is 11.8 Å². The van der Waals surface area contributed by atoms with Crippen LogP contribution in [0.3, 0.4) is 0 Å². The van der Waals surface area contributed by atoms with Gasteiger partial charge in [0.1, 0.15) is 5.69 Å². The molecule has 0 saturated carbocycles. The molecule has 0 N–H and O–H groups in total. The number of carbonyl (C=O) groups is 1. The zero-order valence-corrected chi connectivity index (χ0v) is 12.7. The average molecular weight is 297 g/mol. The molecule has 2 heterocycles. The lowest BCUT2D eigenvalue weighted by molar-refractivity contribution is 0.0299. The topological polar surface area (TPSA) is 55.3 Å². The molecule has 2 aromatic rings. The number of morpholine rings is 1. The number of amides is 1. The first-order chi connectivity index (χ1) is 10.8. The lowest BCUT2D eigenvalue weighted by Gasteiger charge is -2.26. The van der Waals surface area contributed by atoms with Gasteiger partial charge in [-0.05, 0) is 12.0 Å². The Morgan fingerprint density at radius 2 is 2.00 bits per heavy atom. The molecule has 1 aromatic heterocycles. The number of rotatable bonds is 3. The Morgan fingerprint density at radius 3 is 2.77 bits per heavy atom. The lowest BCUT2D eigenvalue weighted by Crippen LogP contribution is -2.41. The van der Waals surface area contributed by atoms with Crippen LogP contribution in [0.4, 0.5) is 0 Å². The third-order valence-corrected chi connectivity index (χ3v) is 3.83. The molecule has 0 aliphatic carbocycles. The second-order valence-electron chi connectivity index (χ2n) is 5.20. The zero-order valence-electron chi connectivity index (χ0n) is 12.7. The van der Waals surface area contributed by atoms with Gasteiger partial charge in [0.2, 0.25) is 0 Å². The zero-order chi connectivity index (χ0) is 15.4. The molecule has 1 saturated heterocycles. The summed E-state index contributed by atoms with van der Waals surface area (Å²) in [5.41, 5.74) is 3.38. The van der Waals surface area contributed by atoms with Crippen molar-refractivity contribution in [3.05, 3.63) is 47.9 Å². The summed E-state index contributed by atoms with van der Waals surface area (Å²) in [6.45, 7) is 4.48. The molecule has 0 spiro atoms. The Bertz CT molecular complexity index is 666. The van der Waals surface area contributed by atoms with Crippen molar-refractivity contribution in [2.45, 2.75) is 13.3 Å². The second kappa shape index (κ2) is 6.66. The van der Waals surface area contributed by atoms with Crippen molar-refractivity contribution in [3.63, 3.8) is 0 Å². The summed E-state index contributed by atoms with van der Waals surface area (Å²) in [4.78, 5) is 23.0. The summed E-state index contributed by atoms with van der Waals surface area (Å²) >= 11 is 0. The molecule has 1 fully saturated rings. The summed E-state index contributed by atoms with van der Waals surface area (Å²) in [5, 5.41) is 0. The minimum atomic E-state index is -0.0772. The largest absolute Gasteiger partial charge is 0.378 e. The number of carbonyl (C=O) groups excluding carboxylic acids is 1. The van der Waals surface area contributed by atoms with E-state index in [-0.39, 0.29) is 5.91 Å². The van der Waals surface area contributed by atoms with Crippen LogP contribution in [0.2, 0.25) is 0 Å². The molecule has 114 valence electrons. The third-order valence-electron chi connectivity index (χ3n) is 3.83. The highest BCUT2D eigenvalue weighted by atomic mass is 16.5. The highest BCUT2D eigenvalue weighted by Crippen LogP contribution is 2.22. The predicted octanol–water partition coefficient (Wildman–Crippen LogP) is 2.18. The van der Waals surface area contributed by atoms with E-state index in [0.29, 0.717) is 32.0 Å². The Kier molecular flexibility index (Phi) is 4.44. The molecule has 1 aromatic carbocycles. The predicted molar refractivity (Wildman–Crippen MR) is 83.6 cm³/mol. The van der Waals surface area contributed by atoms with Crippen molar-refractivity contribution in [1.29, 1.82) is 0 Å². The number of benzene rings is 1. The van der Waals surface area contributed by atoms with Gasteiger partial charge in [0.25, 0.3) is 5.91 Å². The van der Waals surface area contributed by atoms with Crippen molar-refractivity contribution in [2.75, 3.05) is 26.3 Å². The smallest absolute Gasteiger partial charge is 0.274 e. The Labute approximate surface area is 130 Å². The normalized spacial score (nSPS) is 14.9. The molecule has 22 heavy (non-hydrogen) atoms. The standard InChI is InChI=1S/C17H19N3O2/c1-2-13-5-3-4-6-14(13)15-11-18-12-16(19-15)17(21)20-7-9-22-10-8-20/h3-6,11-12H,2,7-10H2,1H3. The van der Waals surface area contributed by atoms with Crippen LogP contribution in [0.5, 0.6) is 0 Å². The van der Waals surface area contributed by atoms with Crippen LogP contribution in [0.15, 0.2) is 36.7 Å².